The van der Waals surface area contributed by atoms with E-state index < -0.39 is 0 Å². The Hall–Kier alpha value is -1.98. The zero-order chi connectivity index (χ0) is 13.2. The number of nitrogens with zero attached hydrogens (tertiary/aromatic N) is 1. The van der Waals surface area contributed by atoms with Crippen LogP contribution in [0.25, 0.3) is 11.1 Å². The lowest BCUT2D eigenvalue weighted by atomic mass is 10.3. The summed E-state index contributed by atoms with van der Waals surface area (Å²) in [6, 6.07) is 16.8. The van der Waals surface area contributed by atoms with Crippen LogP contribution in [0.4, 0.5) is 0 Å². The van der Waals surface area contributed by atoms with E-state index in [2.05, 4.69) is 0 Å². The molecule has 0 atom stereocenters. The predicted octanol–water partition coefficient (Wildman–Crippen LogP) is 4.18. The molecular weight excluding hydrogens is 278 g/mol. The summed E-state index contributed by atoms with van der Waals surface area (Å²) in [7, 11) is 0. The summed E-state index contributed by atoms with van der Waals surface area (Å²) in [6.07, 6.45) is 0. The van der Waals surface area contributed by atoms with Crippen LogP contribution in [-0.4, -0.2) is 9.74 Å². The van der Waals surface area contributed by atoms with Gasteiger partial charge in [-0.3, -0.25) is 0 Å². The second kappa shape index (κ2) is 4.95. The van der Waals surface area contributed by atoms with Gasteiger partial charge < -0.3 is 9.15 Å². The minimum Gasteiger partial charge on any atom is -0.431 e. The van der Waals surface area contributed by atoms with Gasteiger partial charge in [0.2, 0.25) is 0 Å². The number of thiocarbonyl (C=S) groups is 1. The van der Waals surface area contributed by atoms with Gasteiger partial charge in [0.15, 0.2) is 5.58 Å². The highest BCUT2D eigenvalue weighted by molar-refractivity contribution is 7.80. The Morgan fingerprint density at radius 3 is 2.47 bits per heavy atom. The van der Waals surface area contributed by atoms with Crippen LogP contribution in [0.2, 0.25) is 0 Å². The number of para-hydroxylation sites is 3. The molecule has 3 rings (SSSR count). The number of fused-ring (bicyclic) bond motifs is 1. The van der Waals surface area contributed by atoms with Crippen molar-refractivity contribution < 1.29 is 9.15 Å². The van der Waals surface area contributed by atoms with Crippen molar-refractivity contribution in [1.82, 2.24) is 4.57 Å². The average Bonchev–Trinajstić information content (AvgIpc) is 2.75. The van der Waals surface area contributed by atoms with Crippen LogP contribution in [0.5, 0.6) is 5.75 Å². The van der Waals surface area contributed by atoms with Gasteiger partial charge in [0, 0.05) is 0 Å². The van der Waals surface area contributed by atoms with E-state index in [4.69, 9.17) is 33.6 Å². The molecule has 0 aliphatic carbocycles. The van der Waals surface area contributed by atoms with E-state index in [0.29, 0.717) is 11.3 Å². The first-order valence-corrected chi connectivity index (χ1v) is 6.45. The zero-order valence-electron chi connectivity index (χ0n) is 9.78. The number of benzene rings is 2. The monoisotopic (exact) mass is 287 g/mol. The van der Waals surface area contributed by atoms with Crippen LogP contribution in [0, 0.1) is 4.84 Å². The van der Waals surface area contributed by atoms with Gasteiger partial charge in [0.1, 0.15) is 5.75 Å². The van der Waals surface area contributed by atoms with Gasteiger partial charge >= 0.3 is 0 Å². The second-order valence-corrected chi connectivity index (χ2v) is 4.55. The minimum atomic E-state index is 0.251. The lowest BCUT2D eigenvalue weighted by Crippen LogP contribution is -2.16. The number of hydrogen-bond acceptors (Lipinski definition) is 4. The van der Waals surface area contributed by atoms with Crippen molar-refractivity contribution >= 4 is 40.7 Å². The molecular formula is C14H9NO2S2. The largest absolute Gasteiger partial charge is 0.431 e. The summed E-state index contributed by atoms with van der Waals surface area (Å²) in [5.41, 5.74) is 1.49. The van der Waals surface area contributed by atoms with Gasteiger partial charge in [-0.2, -0.15) is 0 Å². The fourth-order valence-corrected chi connectivity index (χ4v) is 2.38. The molecule has 0 unspecified atom stereocenters. The van der Waals surface area contributed by atoms with Gasteiger partial charge in [0.05, 0.1) is 5.52 Å². The summed E-state index contributed by atoms with van der Waals surface area (Å²) in [4.78, 5) is 0.280. The van der Waals surface area contributed by atoms with Gasteiger partial charge in [0.25, 0.3) is 10.0 Å². The van der Waals surface area contributed by atoms with Crippen LogP contribution >= 0.6 is 24.4 Å². The SMILES string of the molecule is S=C(Oc1ccccc1)n1c(=S)oc2ccccc21. The van der Waals surface area contributed by atoms with E-state index >= 15 is 0 Å². The first-order chi connectivity index (χ1) is 9.25. The van der Waals surface area contributed by atoms with E-state index in [-0.39, 0.29) is 10.0 Å². The molecule has 3 aromatic rings. The molecule has 19 heavy (non-hydrogen) atoms. The van der Waals surface area contributed by atoms with Gasteiger partial charge in [-0.15, -0.1) is 0 Å². The lowest BCUT2D eigenvalue weighted by molar-refractivity contribution is 0.520. The van der Waals surface area contributed by atoms with E-state index in [1.165, 1.54) is 0 Å². The smallest absolute Gasteiger partial charge is 0.277 e. The topological polar surface area (TPSA) is 27.3 Å². The molecule has 94 valence electrons. The predicted molar refractivity (Wildman–Crippen MR) is 80.1 cm³/mol. The summed E-state index contributed by atoms with van der Waals surface area (Å²) >= 11 is 10.5. The Bertz CT molecular complexity index is 790. The second-order valence-electron chi connectivity index (χ2n) is 3.85. The third-order valence-electron chi connectivity index (χ3n) is 2.62. The molecule has 0 saturated carbocycles. The van der Waals surface area contributed by atoms with Crippen LogP contribution in [0.15, 0.2) is 59.0 Å². The normalized spacial score (nSPS) is 10.5. The van der Waals surface area contributed by atoms with Gasteiger partial charge in [-0.25, -0.2) is 4.57 Å². The third kappa shape index (κ3) is 2.30. The van der Waals surface area contributed by atoms with E-state index in [0.717, 1.165) is 5.52 Å². The molecule has 5 heteroatoms. The molecule has 3 nitrogen and oxygen atoms in total. The van der Waals surface area contributed by atoms with E-state index in [1.807, 2.05) is 54.6 Å². The molecule has 0 fully saturated rings. The average molecular weight is 287 g/mol. The summed E-state index contributed by atoms with van der Waals surface area (Å²) in [6.45, 7) is 0. The zero-order valence-corrected chi connectivity index (χ0v) is 11.4. The van der Waals surface area contributed by atoms with Crippen molar-refractivity contribution in [1.29, 1.82) is 0 Å². The summed E-state index contributed by atoms with van der Waals surface area (Å²) in [5, 5.41) is 0.251. The first-order valence-electron chi connectivity index (χ1n) is 5.63. The number of ether oxygens (including phenoxy) is 1. The molecule has 0 aliphatic rings. The highest BCUT2D eigenvalue weighted by Crippen LogP contribution is 2.18. The van der Waals surface area contributed by atoms with Crippen molar-refractivity contribution in [2.75, 3.05) is 0 Å². The summed E-state index contributed by atoms with van der Waals surface area (Å²) in [5.74, 6) is 0.666. The fourth-order valence-electron chi connectivity index (χ4n) is 1.77. The molecule has 0 spiro atoms. The Labute approximate surface area is 120 Å². The number of hydrogen-bond donors (Lipinski definition) is 0. The highest BCUT2D eigenvalue weighted by Gasteiger charge is 2.11. The quantitative estimate of drug-likeness (QED) is 0.628. The minimum absolute atomic E-state index is 0.251. The van der Waals surface area contributed by atoms with Crippen LogP contribution in [-0.2, 0) is 0 Å². The van der Waals surface area contributed by atoms with Crippen molar-refractivity contribution in [2.24, 2.45) is 0 Å². The lowest BCUT2D eigenvalue weighted by Gasteiger charge is -2.07. The molecule has 0 N–H and O–H groups in total. The van der Waals surface area contributed by atoms with Crippen molar-refractivity contribution in [2.45, 2.75) is 0 Å². The molecule has 1 aromatic heterocycles. The van der Waals surface area contributed by atoms with Crippen molar-refractivity contribution in [3.05, 3.63) is 59.4 Å². The molecule has 2 aromatic carbocycles. The third-order valence-corrected chi connectivity index (χ3v) is 3.15. The Balaban J connectivity index is 2.03. The standard InChI is InChI=1S/C14H9NO2S2/c18-13(16-10-6-2-1-3-7-10)15-11-8-4-5-9-12(11)17-14(15)19/h1-9H. The molecule has 0 amide bonds. The summed E-state index contributed by atoms with van der Waals surface area (Å²) < 4.78 is 12.7. The molecule has 0 bridgehead atoms. The van der Waals surface area contributed by atoms with Gasteiger partial charge in [-0.1, -0.05) is 30.3 Å². The van der Waals surface area contributed by atoms with Crippen molar-refractivity contribution in [3.8, 4) is 5.75 Å². The Kier molecular flexibility index (Phi) is 3.15. The maximum atomic E-state index is 5.62. The first kappa shape index (κ1) is 12.1. The Morgan fingerprint density at radius 1 is 1.00 bits per heavy atom. The molecule has 1 heterocycles. The number of rotatable bonds is 1. The number of aromatic nitrogens is 1. The van der Waals surface area contributed by atoms with Crippen molar-refractivity contribution in [3.63, 3.8) is 0 Å². The van der Waals surface area contributed by atoms with Crippen LogP contribution < -0.4 is 4.74 Å². The fraction of sp³-hybridized carbons (Fsp3) is 0. The van der Waals surface area contributed by atoms with E-state index in [9.17, 15) is 0 Å². The highest BCUT2D eigenvalue weighted by atomic mass is 32.1. The molecule has 0 radical (unpaired) electrons. The van der Waals surface area contributed by atoms with Crippen LogP contribution in [0.3, 0.4) is 0 Å². The van der Waals surface area contributed by atoms with Gasteiger partial charge in [-0.05, 0) is 48.7 Å². The number of oxazole rings is 1. The maximum absolute atomic E-state index is 5.62. The van der Waals surface area contributed by atoms with E-state index in [1.54, 1.807) is 4.57 Å². The van der Waals surface area contributed by atoms with Crippen LogP contribution in [0.1, 0.15) is 0 Å². The maximum Gasteiger partial charge on any atom is 0.277 e. The molecule has 0 aliphatic heterocycles. The molecule has 0 saturated heterocycles. The Morgan fingerprint density at radius 2 is 1.68 bits per heavy atom.